The highest BCUT2D eigenvalue weighted by molar-refractivity contribution is 5.77. The van der Waals surface area contributed by atoms with E-state index in [1.54, 1.807) is 14.0 Å². The molecule has 1 aliphatic heterocycles. The molecular weight excluding hydrogens is 236 g/mol. The fourth-order valence-corrected chi connectivity index (χ4v) is 1.79. The number of likely N-dealkylation sites (N-methyl/N-ethyl adjacent to an activating group) is 1. The Bertz CT molecular complexity index is 372. The number of carbonyl (C=O) groups excluding carboxylic acids is 1. The number of urea groups is 1. The van der Waals surface area contributed by atoms with Crippen LogP contribution in [0.5, 0.6) is 0 Å². The average molecular weight is 254 g/mol. The Hall–Kier alpha value is -1.74. The number of amides is 2. The molecule has 1 saturated heterocycles. The van der Waals surface area contributed by atoms with Crippen molar-refractivity contribution in [1.29, 1.82) is 0 Å². The summed E-state index contributed by atoms with van der Waals surface area (Å²) in [4.78, 5) is 24.2. The zero-order valence-corrected chi connectivity index (χ0v) is 10.6. The molecule has 0 aromatic heterocycles. The normalized spacial score (nSPS) is 21.9. The van der Waals surface area contributed by atoms with Crippen LogP contribution in [-0.4, -0.2) is 54.9 Å². The highest BCUT2D eigenvalue weighted by Crippen LogP contribution is 2.18. The van der Waals surface area contributed by atoms with Gasteiger partial charge in [0.1, 0.15) is 5.92 Å². The number of nitrogens with zero attached hydrogens (tertiary/aromatic N) is 1. The van der Waals surface area contributed by atoms with Gasteiger partial charge in [0, 0.05) is 20.0 Å². The largest absolute Gasteiger partial charge is 0.481 e. The molecule has 1 heterocycles. The standard InChI is InChI=1S/C12H18N2O4/c1-3-4-5-6-13-12(17)14(2)10-8-18-7-9(10)11(15)16/h9-10H,5-8H2,1-2H3,(H,13,17)(H,15,16). The molecule has 0 radical (unpaired) electrons. The van der Waals surface area contributed by atoms with Crippen LogP contribution in [0.25, 0.3) is 0 Å². The van der Waals surface area contributed by atoms with Crippen LogP contribution in [0.15, 0.2) is 0 Å². The summed E-state index contributed by atoms with van der Waals surface area (Å²) in [7, 11) is 1.58. The van der Waals surface area contributed by atoms with Crippen LogP contribution in [0.2, 0.25) is 0 Å². The summed E-state index contributed by atoms with van der Waals surface area (Å²) in [5.41, 5.74) is 0. The number of rotatable bonds is 4. The summed E-state index contributed by atoms with van der Waals surface area (Å²) in [6, 6.07) is -0.714. The van der Waals surface area contributed by atoms with Gasteiger partial charge in [-0.3, -0.25) is 4.79 Å². The van der Waals surface area contributed by atoms with Gasteiger partial charge in [0.25, 0.3) is 0 Å². The van der Waals surface area contributed by atoms with Gasteiger partial charge in [-0.2, -0.15) is 0 Å². The Kier molecular flexibility index (Phi) is 5.46. The molecule has 0 saturated carbocycles. The topological polar surface area (TPSA) is 78.9 Å². The Balaban J connectivity index is 2.46. The van der Waals surface area contributed by atoms with Gasteiger partial charge in [0.05, 0.1) is 19.3 Å². The van der Waals surface area contributed by atoms with Gasteiger partial charge in [0.2, 0.25) is 0 Å². The van der Waals surface area contributed by atoms with E-state index in [-0.39, 0.29) is 19.2 Å². The van der Waals surface area contributed by atoms with Gasteiger partial charge in [-0.15, -0.1) is 11.8 Å². The van der Waals surface area contributed by atoms with Crippen molar-refractivity contribution in [3.8, 4) is 11.8 Å². The fourth-order valence-electron chi connectivity index (χ4n) is 1.79. The smallest absolute Gasteiger partial charge is 0.317 e. The van der Waals surface area contributed by atoms with Crippen LogP contribution in [0.3, 0.4) is 0 Å². The first-order valence-corrected chi connectivity index (χ1v) is 5.78. The number of carbonyl (C=O) groups is 2. The van der Waals surface area contributed by atoms with Crippen LogP contribution in [0, 0.1) is 17.8 Å². The predicted molar refractivity (Wildman–Crippen MR) is 65.0 cm³/mol. The summed E-state index contributed by atoms with van der Waals surface area (Å²) in [6.45, 7) is 2.60. The van der Waals surface area contributed by atoms with Gasteiger partial charge < -0.3 is 20.1 Å². The number of ether oxygens (including phenoxy) is 1. The second-order valence-electron chi connectivity index (χ2n) is 4.07. The zero-order valence-electron chi connectivity index (χ0n) is 10.6. The van der Waals surface area contributed by atoms with E-state index in [9.17, 15) is 9.59 Å². The minimum Gasteiger partial charge on any atom is -0.481 e. The number of carboxylic acid groups (broad SMARTS) is 1. The maximum Gasteiger partial charge on any atom is 0.317 e. The van der Waals surface area contributed by atoms with E-state index in [1.165, 1.54) is 4.90 Å². The summed E-state index contributed by atoms with van der Waals surface area (Å²) >= 11 is 0. The number of hydrogen-bond acceptors (Lipinski definition) is 3. The molecule has 0 spiro atoms. The van der Waals surface area contributed by atoms with Crippen molar-refractivity contribution >= 4 is 12.0 Å². The van der Waals surface area contributed by atoms with Gasteiger partial charge in [-0.25, -0.2) is 4.79 Å². The molecular formula is C12H18N2O4. The lowest BCUT2D eigenvalue weighted by Gasteiger charge is -2.26. The summed E-state index contributed by atoms with van der Waals surface area (Å²) in [6.07, 6.45) is 0.583. The molecule has 2 amide bonds. The lowest BCUT2D eigenvalue weighted by molar-refractivity contribution is -0.142. The minimum atomic E-state index is -0.936. The number of nitrogens with one attached hydrogen (secondary N) is 1. The lowest BCUT2D eigenvalue weighted by Crippen LogP contribution is -2.48. The van der Waals surface area contributed by atoms with E-state index in [2.05, 4.69) is 17.2 Å². The third kappa shape index (κ3) is 3.64. The maximum absolute atomic E-state index is 11.8. The van der Waals surface area contributed by atoms with Crippen LogP contribution >= 0.6 is 0 Å². The van der Waals surface area contributed by atoms with Crippen LogP contribution in [-0.2, 0) is 9.53 Å². The molecule has 2 N–H and O–H groups in total. The monoisotopic (exact) mass is 254 g/mol. The fraction of sp³-hybridized carbons (Fsp3) is 0.667. The van der Waals surface area contributed by atoms with Crippen LogP contribution in [0.4, 0.5) is 4.79 Å². The molecule has 1 rings (SSSR count). The summed E-state index contributed by atoms with van der Waals surface area (Å²) in [5, 5.41) is 11.7. The molecule has 100 valence electrons. The molecule has 0 aliphatic carbocycles. The van der Waals surface area contributed by atoms with Crippen LogP contribution < -0.4 is 5.32 Å². The first-order valence-electron chi connectivity index (χ1n) is 5.78. The zero-order chi connectivity index (χ0) is 13.5. The molecule has 6 nitrogen and oxygen atoms in total. The number of aliphatic carboxylic acids is 1. The van der Waals surface area contributed by atoms with E-state index >= 15 is 0 Å². The quantitative estimate of drug-likeness (QED) is 0.552. The molecule has 18 heavy (non-hydrogen) atoms. The van der Waals surface area contributed by atoms with Crippen molar-refractivity contribution in [3.63, 3.8) is 0 Å². The SMILES string of the molecule is CC#CCCNC(=O)N(C)C1COCC1C(=O)O. The highest BCUT2D eigenvalue weighted by Gasteiger charge is 2.38. The Morgan fingerprint density at radius 2 is 2.22 bits per heavy atom. The minimum absolute atomic E-state index is 0.152. The molecule has 6 heteroatoms. The number of carboxylic acids is 1. The van der Waals surface area contributed by atoms with E-state index in [1.807, 2.05) is 0 Å². The Morgan fingerprint density at radius 3 is 2.83 bits per heavy atom. The molecule has 0 bridgehead atoms. The first-order chi connectivity index (χ1) is 8.57. The first kappa shape index (κ1) is 14.3. The third-order valence-corrected chi connectivity index (χ3v) is 2.89. The van der Waals surface area contributed by atoms with E-state index in [0.717, 1.165) is 0 Å². The van der Waals surface area contributed by atoms with Crippen molar-refractivity contribution in [3.05, 3.63) is 0 Å². The van der Waals surface area contributed by atoms with Crippen molar-refractivity contribution in [2.45, 2.75) is 19.4 Å². The molecule has 2 unspecified atom stereocenters. The van der Waals surface area contributed by atoms with Crippen molar-refractivity contribution in [2.24, 2.45) is 5.92 Å². The molecule has 2 atom stereocenters. The summed E-state index contributed by atoms with van der Waals surface area (Å²) < 4.78 is 5.12. The maximum atomic E-state index is 11.8. The molecule has 1 aliphatic rings. The average Bonchev–Trinajstić information content (AvgIpc) is 2.82. The molecule has 1 fully saturated rings. The van der Waals surface area contributed by atoms with E-state index in [4.69, 9.17) is 9.84 Å². The lowest BCUT2D eigenvalue weighted by atomic mass is 10.0. The third-order valence-electron chi connectivity index (χ3n) is 2.89. The van der Waals surface area contributed by atoms with Gasteiger partial charge >= 0.3 is 12.0 Å². The highest BCUT2D eigenvalue weighted by atomic mass is 16.5. The number of hydrogen-bond donors (Lipinski definition) is 2. The van der Waals surface area contributed by atoms with Crippen LogP contribution in [0.1, 0.15) is 13.3 Å². The van der Waals surface area contributed by atoms with Gasteiger partial charge in [-0.05, 0) is 6.92 Å². The van der Waals surface area contributed by atoms with E-state index in [0.29, 0.717) is 13.0 Å². The second kappa shape index (κ2) is 6.87. The van der Waals surface area contributed by atoms with E-state index < -0.39 is 17.9 Å². The second-order valence-corrected chi connectivity index (χ2v) is 4.07. The predicted octanol–water partition coefficient (Wildman–Crippen LogP) is 0.141. The Morgan fingerprint density at radius 1 is 1.50 bits per heavy atom. The van der Waals surface area contributed by atoms with Crippen molar-refractivity contribution in [1.82, 2.24) is 10.2 Å². The van der Waals surface area contributed by atoms with Gasteiger partial charge in [0.15, 0.2) is 0 Å². The summed E-state index contributed by atoms with van der Waals surface area (Å²) in [5.74, 6) is 3.98. The molecule has 0 aromatic rings. The Labute approximate surface area is 106 Å². The van der Waals surface area contributed by atoms with Crippen molar-refractivity contribution in [2.75, 3.05) is 26.8 Å². The molecule has 0 aromatic carbocycles. The van der Waals surface area contributed by atoms with Gasteiger partial charge in [-0.1, -0.05) is 0 Å². The van der Waals surface area contributed by atoms with Crippen molar-refractivity contribution < 1.29 is 19.4 Å².